The molecule has 0 bridgehead atoms. The van der Waals surface area contributed by atoms with Gasteiger partial charge in [-0.2, -0.15) is 0 Å². The third-order valence-electron chi connectivity index (χ3n) is 5.47. The van der Waals surface area contributed by atoms with Gasteiger partial charge in [-0.3, -0.25) is 4.79 Å². The Morgan fingerprint density at radius 3 is 2.06 bits per heavy atom. The van der Waals surface area contributed by atoms with Crippen LogP contribution in [-0.4, -0.2) is 24.0 Å². The van der Waals surface area contributed by atoms with Crippen LogP contribution in [0.15, 0.2) is 77.2 Å². The van der Waals surface area contributed by atoms with E-state index in [1.165, 1.54) is 32.4 Å². The Hall–Kier alpha value is -3.37. The number of phenols is 1. The van der Waals surface area contributed by atoms with Crippen molar-refractivity contribution < 1.29 is 14.3 Å². The Morgan fingerprint density at radius 2 is 1.48 bits per heavy atom. The molecule has 0 unspecified atom stereocenters. The van der Waals surface area contributed by atoms with Crippen molar-refractivity contribution in [3.63, 3.8) is 0 Å². The topological polar surface area (TPSA) is 62.5 Å². The normalized spacial score (nSPS) is 12.8. The van der Waals surface area contributed by atoms with Crippen LogP contribution in [0.5, 0.6) is 5.75 Å². The molecule has 33 heavy (non-hydrogen) atoms. The number of para-hydroxylation sites is 1. The van der Waals surface area contributed by atoms with Gasteiger partial charge in [0.2, 0.25) is 0 Å². The number of hydrogen-bond acceptors (Lipinski definition) is 4. The summed E-state index contributed by atoms with van der Waals surface area (Å²) in [6, 6.07) is 21.7. The molecule has 0 saturated carbocycles. The van der Waals surface area contributed by atoms with Crippen LogP contribution in [-0.2, 0) is 0 Å². The third kappa shape index (κ3) is 6.11. The number of aryl methyl sites for hydroxylation is 1. The Balaban J connectivity index is 0.000000329. The lowest BCUT2D eigenvalue weighted by Gasteiger charge is -2.08. The maximum Gasteiger partial charge on any atom is 0.197 e. The van der Waals surface area contributed by atoms with E-state index in [-0.39, 0.29) is 11.5 Å². The first kappa shape index (κ1) is 24.3. The number of phenolic OH excluding ortho intramolecular Hbond substituents is 1. The molecule has 4 aromatic rings. The van der Waals surface area contributed by atoms with Crippen molar-refractivity contribution in [2.75, 3.05) is 13.1 Å². The van der Waals surface area contributed by atoms with E-state index in [1.54, 1.807) is 24.3 Å². The molecule has 0 radical (unpaired) electrons. The number of hydrogen-bond donors (Lipinski definition) is 2. The summed E-state index contributed by atoms with van der Waals surface area (Å²) in [5.74, 6) is 0.617. The first-order chi connectivity index (χ1) is 16.1. The van der Waals surface area contributed by atoms with Gasteiger partial charge in [0.15, 0.2) is 5.78 Å². The molecule has 1 aliphatic rings. The highest BCUT2D eigenvalue weighted by atomic mass is 16.3. The molecular formula is C29H33NO3. The molecule has 3 aromatic carbocycles. The summed E-state index contributed by atoms with van der Waals surface area (Å²) in [6.45, 7) is 8.49. The minimum atomic E-state index is -0.0759. The maximum absolute atomic E-state index is 13.2. The molecule has 0 amide bonds. The van der Waals surface area contributed by atoms with Gasteiger partial charge in [0.1, 0.15) is 17.1 Å². The lowest BCUT2D eigenvalue weighted by Crippen LogP contribution is -2.21. The molecule has 172 valence electrons. The molecule has 0 atom stereocenters. The second kappa shape index (κ2) is 12.0. The number of ketones is 1. The Morgan fingerprint density at radius 1 is 0.848 bits per heavy atom. The van der Waals surface area contributed by atoms with Gasteiger partial charge in [-0.25, -0.2) is 0 Å². The number of aromatic hydroxyl groups is 1. The average Bonchev–Trinajstić information content (AvgIpc) is 3.27. The van der Waals surface area contributed by atoms with Crippen molar-refractivity contribution >= 4 is 16.8 Å². The van der Waals surface area contributed by atoms with Gasteiger partial charge < -0.3 is 14.8 Å². The first-order valence-electron chi connectivity index (χ1n) is 11.8. The van der Waals surface area contributed by atoms with Crippen molar-refractivity contribution in [3.05, 3.63) is 89.5 Å². The zero-order chi connectivity index (χ0) is 23.6. The molecule has 0 spiro atoms. The molecule has 4 nitrogen and oxygen atoms in total. The predicted molar refractivity (Wildman–Crippen MR) is 136 cm³/mol. The molecular weight excluding hydrogens is 410 g/mol. The van der Waals surface area contributed by atoms with Crippen molar-refractivity contribution in [2.24, 2.45) is 0 Å². The van der Waals surface area contributed by atoms with Gasteiger partial charge in [0, 0.05) is 16.5 Å². The standard InChI is InChI=1S/C22H16O3.C5H11N.C2H6/c1-14-6-8-15(9-7-14)21(24)20-18-4-2-3-5-19(18)25-22(20)16-10-12-17(23)13-11-16;1-2-4-6-5-3-1;1-2/h2-13,23H,1H3;6H,1-5H2;1-2H3. The third-order valence-corrected chi connectivity index (χ3v) is 5.47. The van der Waals surface area contributed by atoms with E-state index in [9.17, 15) is 9.90 Å². The molecule has 2 heterocycles. The highest BCUT2D eigenvalue weighted by Crippen LogP contribution is 2.35. The lowest BCUT2D eigenvalue weighted by atomic mass is 9.97. The summed E-state index contributed by atoms with van der Waals surface area (Å²) in [6.07, 6.45) is 4.22. The highest BCUT2D eigenvalue weighted by Gasteiger charge is 2.23. The number of nitrogens with one attached hydrogen (secondary N) is 1. The predicted octanol–water partition coefficient (Wildman–Crippen LogP) is 7.13. The first-order valence-corrected chi connectivity index (χ1v) is 11.8. The molecule has 2 N–H and O–H groups in total. The summed E-state index contributed by atoms with van der Waals surface area (Å²) in [5.41, 5.74) is 3.69. The van der Waals surface area contributed by atoms with E-state index in [2.05, 4.69) is 5.32 Å². The summed E-state index contributed by atoms with van der Waals surface area (Å²) in [7, 11) is 0. The molecule has 1 aromatic heterocycles. The van der Waals surface area contributed by atoms with Crippen LogP contribution in [0.1, 0.15) is 54.6 Å². The number of carbonyl (C=O) groups is 1. The van der Waals surface area contributed by atoms with Crippen LogP contribution in [0.3, 0.4) is 0 Å². The number of fused-ring (bicyclic) bond motifs is 1. The lowest BCUT2D eigenvalue weighted by molar-refractivity contribution is 0.104. The summed E-state index contributed by atoms with van der Waals surface area (Å²) in [5, 5.41) is 13.6. The van der Waals surface area contributed by atoms with E-state index >= 15 is 0 Å². The van der Waals surface area contributed by atoms with Gasteiger partial charge in [-0.05, 0) is 63.2 Å². The maximum atomic E-state index is 13.2. The van der Waals surface area contributed by atoms with Crippen LogP contribution >= 0.6 is 0 Å². The molecule has 0 aliphatic carbocycles. The summed E-state index contributed by atoms with van der Waals surface area (Å²) < 4.78 is 5.99. The zero-order valence-electron chi connectivity index (χ0n) is 19.7. The number of carbonyl (C=O) groups excluding carboxylic acids is 1. The monoisotopic (exact) mass is 443 g/mol. The van der Waals surface area contributed by atoms with E-state index in [0.29, 0.717) is 22.5 Å². The SMILES string of the molecule is C1CCNCC1.CC.Cc1ccc(C(=O)c2c(-c3ccc(O)cc3)oc3ccccc23)cc1. The van der Waals surface area contributed by atoms with Gasteiger partial charge in [-0.1, -0.05) is 68.3 Å². The van der Waals surface area contributed by atoms with Gasteiger partial charge in [0.05, 0.1) is 5.56 Å². The van der Waals surface area contributed by atoms with E-state index in [0.717, 1.165) is 16.5 Å². The van der Waals surface area contributed by atoms with E-state index in [1.807, 2.05) is 69.3 Å². The fourth-order valence-electron chi connectivity index (χ4n) is 3.74. The Kier molecular flexibility index (Phi) is 8.85. The second-order valence-electron chi connectivity index (χ2n) is 7.86. The van der Waals surface area contributed by atoms with Crippen molar-refractivity contribution in [1.29, 1.82) is 0 Å². The van der Waals surface area contributed by atoms with Crippen LogP contribution in [0, 0.1) is 6.92 Å². The molecule has 1 fully saturated rings. The Labute approximate surface area is 196 Å². The molecule has 4 heteroatoms. The largest absolute Gasteiger partial charge is 0.508 e. The van der Waals surface area contributed by atoms with Crippen molar-refractivity contribution in [1.82, 2.24) is 5.32 Å². The minimum absolute atomic E-state index is 0.0759. The summed E-state index contributed by atoms with van der Waals surface area (Å²) >= 11 is 0. The average molecular weight is 444 g/mol. The van der Waals surface area contributed by atoms with Crippen LogP contribution in [0.4, 0.5) is 0 Å². The van der Waals surface area contributed by atoms with E-state index in [4.69, 9.17) is 4.42 Å². The van der Waals surface area contributed by atoms with Gasteiger partial charge >= 0.3 is 0 Å². The highest BCUT2D eigenvalue weighted by molar-refractivity contribution is 6.19. The number of rotatable bonds is 3. The fourth-order valence-corrected chi connectivity index (χ4v) is 3.74. The van der Waals surface area contributed by atoms with Crippen molar-refractivity contribution in [2.45, 2.75) is 40.0 Å². The smallest absolute Gasteiger partial charge is 0.197 e. The zero-order valence-corrected chi connectivity index (χ0v) is 19.7. The number of furan rings is 1. The second-order valence-corrected chi connectivity index (χ2v) is 7.86. The van der Waals surface area contributed by atoms with Crippen LogP contribution in [0.25, 0.3) is 22.3 Å². The summed E-state index contributed by atoms with van der Waals surface area (Å²) in [4.78, 5) is 13.2. The Bertz CT molecular complexity index is 1140. The molecule has 1 saturated heterocycles. The fraction of sp³-hybridized carbons (Fsp3) is 0.276. The minimum Gasteiger partial charge on any atom is -0.508 e. The van der Waals surface area contributed by atoms with E-state index < -0.39 is 0 Å². The van der Waals surface area contributed by atoms with Crippen LogP contribution < -0.4 is 5.32 Å². The van der Waals surface area contributed by atoms with Gasteiger partial charge in [0.25, 0.3) is 0 Å². The quantitative estimate of drug-likeness (QED) is 0.331. The number of benzene rings is 3. The molecule has 1 aliphatic heterocycles. The van der Waals surface area contributed by atoms with Gasteiger partial charge in [-0.15, -0.1) is 0 Å². The molecule has 5 rings (SSSR count). The van der Waals surface area contributed by atoms with Crippen molar-refractivity contribution in [3.8, 4) is 17.1 Å². The van der Waals surface area contributed by atoms with Crippen LogP contribution in [0.2, 0.25) is 0 Å². The number of piperidine rings is 1.